The lowest BCUT2D eigenvalue weighted by atomic mass is 10.0. The molecule has 4 heterocycles. The van der Waals surface area contributed by atoms with E-state index < -0.39 is 0 Å². The highest BCUT2D eigenvalue weighted by molar-refractivity contribution is 5.97. The van der Waals surface area contributed by atoms with Gasteiger partial charge in [0.15, 0.2) is 0 Å². The van der Waals surface area contributed by atoms with Crippen LogP contribution in [0.3, 0.4) is 0 Å². The summed E-state index contributed by atoms with van der Waals surface area (Å²) in [4.78, 5) is 11.8. The molecule has 24 heavy (non-hydrogen) atoms. The number of H-pyrrole nitrogens is 2. The Morgan fingerprint density at radius 2 is 1.75 bits per heavy atom. The number of pyridine rings is 2. The normalized spacial score (nSPS) is 11.3. The Morgan fingerprint density at radius 3 is 2.62 bits per heavy atom. The molecule has 0 radical (unpaired) electrons. The highest BCUT2D eigenvalue weighted by atomic mass is 15.1. The van der Waals surface area contributed by atoms with E-state index in [1.807, 2.05) is 24.3 Å². The lowest BCUT2D eigenvalue weighted by Gasteiger charge is -2.01. The maximum absolute atomic E-state index is 4.50. The van der Waals surface area contributed by atoms with Gasteiger partial charge in [-0.15, -0.1) is 0 Å². The quantitative estimate of drug-likeness (QED) is 0.514. The number of aromatic nitrogens is 5. The molecule has 0 bridgehead atoms. The average Bonchev–Trinajstić information content (AvgIpc) is 3.25. The number of rotatable bonds is 2. The molecule has 0 saturated heterocycles. The lowest BCUT2D eigenvalue weighted by Crippen LogP contribution is -1.81. The van der Waals surface area contributed by atoms with E-state index in [2.05, 4.69) is 49.4 Å². The van der Waals surface area contributed by atoms with Crippen molar-refractivity contribution in [2.75, 3.05) is 0 Å². The number of fused-ring (bicyclic) bond motifs is 2. The zero-order valence-corrected chi connectivity index (χ0v) is 12.7. The van der Waals surface area contributed by atoms with E-state index in [4.69, 9.17) is 0 Å². The Balaban J connectivity index is 1.71. The van der Waals surface area contributed by atoms with Gasteiger partial charge >= 0.3 is 0 Å². The summed E-state index contributed by atoms with van der Waals surface area (Å²) in [6.45, 7) is 0. The average molecular weight is 311 g/mol. The van der Waals surface area contributed by atoms with Crippen LogP contribution in [0.4, 0.5) is 0 Å². The van der Waals surface area contributed by atoms with Crippen molar-refractivity contribution in [1.82, 2.24) is 25.1 Å². The smallest absolute Gasteiger partial charge is 0.137 e. The molecule has 4 aromatic heterocycles. The molecule has 0 aliphatic heterocycles. The van der Waals surface area contributed by atoms with Gasteiger partial charge in [-0.05, 0) is 53.6 Å². The molecule has 0 amide bonds. The molecule has 114 valence electrons. The van der Waals surface area contributed by atoms with Crippen LogP contribution >= 0.6 is 0 Å². The fraction of sp³-hybridized carbons (Fsp3) is 0. The van der Waals surface area contributed by atoms with E-state index in [1.54, 1.807) is 18.6 Å². The Labute approximate surface area is 137 Å². The summed E-state index contributed by atoms with van der Waals surface area (Å²) in [6, 6.07) is 16.4. The van der Waals surface area contributed by atoms with Gasteiger partial charge in [0.05, 0.1) is 11.2 Å². The summed E-state index contributed by atoms with van der Waals surface area (Å²) in [5, 5.41) is 9.76. The molecule has 5 rings (SSSR count). The maximum atomic E-state index is 4.50. The first-order chi connectivity index (χ1) is 11.9. The molecule has 0 aliphatic carbocycles. The van der Waals surface area contributed by atoms with Crippen LogP contribution in [0.1, 0.15) is 0 Å². The van der Waals surface area contributed by atoms with Gasteiger partial charge in [-0.1, -0.05) is 6.07 Å². The molecular weight excluding hydrogens is 298 g/mol. The van der Waals surface area contributed by atoms with Crippen LogP contribution in [0, 0.1) is 0 Å². The van der Waals surface area contributed by atoms with Gasteiger partial charge in [-0.3, -0.25) is 10.1 Å². The summed E-state index contributed by atoms with van der Waals surface area (Å²) >= 11 is 0. The van der Waals surface area contributed by atoms with Gasteiger partial charge in [-0.2, -0.15) is 5.10 Å². The van der Waals surface area contributed by atoms with Gasteiger partial charge in [0.25, 0.3) is 0 Å². The Bertz CT molecular complexity index is 1120. The molecule has 0 fully saturated rings. The molecular formula is C19H13N5. The number of aromatic amines is 2. The first kappa shape index (κ1) is 13.0. The molecule has 0 unspecified atom stereocenters. The minimum atomic E-state index is 0.869. The summed E-state index contributed by atoms with van der Waals surface area (Å²) in [5.41, 5.74) is 6.02. The molecule has 5 aromatic rings. The molecule has 0 aliphatic rings. The van der Waals surface area contributed by atoms with Crippen molar-refractivity contribution in [3.05, 3.63) is 67.1 Å². The van der Waals surface area contributed by atoms with Crippen LogP contribution in [0.25, 0.3) is 44.5 Å². The molecule has 5 heteroatoms. The summed E-state index contributed by atoms with van der Waals surface area (Å²) < 4.78 is 0. The van der Waals surface area contributed by atoms with Crippen molar-refractivity contribution >= 4 is 21.9 Å². The van der Waals surface area contributed by atoms with Gasteiger partial charge < -0.3 is 4.98 Å². The predicted octanol–water partition coefficient (Wildman–Crippen LogP) is 4.17. The van der Waals surface area contributed by atoms with Crippen LogP contribution in [-0.4, -0.2) is 25.1 Å². The van der Waals surface area contributed by atoms with Crippen molar-refractivity contribution in [1.29, 1.82) is 0 Å². The van der Waals surface area contributed by atoms with Crippen LogP contribution in [0.5, 0.6) is 0 Å². The zero-order chi connectivity index (χ0) is 15.9. The third kappa shape index (κ3) is 1.99. The topological polar surface area (TPSA) is 70.2 Å². The SMILES string of the molecule is c1cnc2[nH]c(-c3n[nH]c4ccc(-c5ccncc5)cc34)cc2c1. The van der Waals surface area contributed by atoms with E-state index >= 15 is 0 Å². The Morgan fingerprint density at radius 1 is 0.833 bits per heavy atom. The highest BCUT2D eigenvalue weighted by Gasteiger charge is 2.12. The second kappa shape index (κ2) is 5.03. The van der Waals surface area contributed by atoms with Crippen molar-refractivity contribution in [3.63, 3.8) is 0 Å². The van der Waals surface area contributed by atoms with Crippen molar-refractivity contribution in [3.8, 4) is 22.5 Å². The third-order valence-corrected chi connectivity index (χ3v) is 4.22. The molecule has 2 N–H and O–H groups in total. The maximum Gasteiger partial charge on any atom is 0.137 e. The standard InChI is InChI=1S/C19H13N5/c1-2-14-11-17(22-19(14)21-7-1)18-15-10-13(3-4-16(15)23-24-18)12-5-8-20-9-6-12/h1-11H,(H,21,22)(H,23,24). The minimum absolute atomic E-state index is 0.869. The fourth-order valence-electron chi connectivity index (χ4n) is 3.03. The van der Waals surface area contributed by atoms with E-state index in [0.717, 1.165) is 44.5 Å². The van der Waals surface area contributed by atoms with Crippen LogP contribution < -0.4 is 0 Å². The van der Waals surface area contributed by atoms with E-state index in [-0.39, 0.29) is 0 Å². The third-order valence-electron chi connectivity index (χ3n) is 4.22. The van der Waals surface area contributed by atoms with Crippen molar-refractivity contribution in [2.24, 2.45) is 0 Å². The molecule has 0 spiro atoms. The van der Waals surface area contributed by atoms with E-state index in [0.29, 0.717) is 0 Å². The molecule has 1 aromatic carbocycles. The Kier molecular flexibility index (Phi) is 2.72. The van der Waals surface area contributed by atoms with E-state index in [1.165, 1.54) is 0 Å². The van der Waals surface area contributed by atoms with Gasteiger partial charge in [-0.25, -0.2) is 4.98 Å². The van der Waals surface area contributed by atoms with E-state index in [9.17, 15) is 0 Å². The minimum Gasteiger partial charge on any atom is -0.338 e. The number of hydrogen-bond donors (Lipinski definition) is 2. The zero-order valence-electron chi connectivity index (χ0n) is 12.7. The predicted molar refractivity (Wildman–Crippen MR) is 94.4 cm³/mol. The second-order valence-electron chi connectivity index (χ2n) is 5.69. The van der Waals surface area contributed by atoms with Crippen LogP contribution in [0.15, 0.2) is 67.1 Å². The van der Waals surface area contributed by atoms with Crippen LogP contribution in [-0.2, 0) is 0 Å². The first-order valence-corrected chi connectivity index (χ1v) is 7.71. The van der Waals surface area contributed by atoms with Crippen LogP contribution in [0.2, 0.25) is 0 Å². The number of nitrogens with zero attached hydrogens (tertiary/aromatic N) is 3. The van der Waals surface area contributed by atoms with Crippen molar-refractivity contribution < 1.29 is 0 Å². The number of nitrogens with one attached hydrogen (secondary N) is 2. The van der Waals surface area contributed by atoms with Gasteiger partial charge in [0, 0.05) is 29.4 Å². The summed E-state index contributed by atoms with van der Waals surface area (Å²) in [5.74, 6) is 0. The second-order valence-corrected chi connectivity index (χ2v) is 5.69. The molecule has 0 saturated carbocycles. The Hall–Kier alpha value is -3.47. The monoisotopic (exact) mass is 311 g/mol. The summed E-state index contributed by atoms with van der Waals surface area (Å²) in [6.07, 6.45) is 5.39. The van der Waals surface area contributed by atoms with Crippen molar-refractivity contribution in [2.45, 2.75) is 0 Å². The fourth-order valence-corrected chi connectivity index (χ4v) is 3.03. The largest absolute Gasteiger partial charge is 0.338 e. The first-order valence-electron chi connectivity index (χ1n) is 7.71. The lowest BCUT2D eigenvalue weighted by molar-refractivity contribution is 1.12. The number of benzene rings is 1. The number of hydrogen-bond acceptors (Lipinski definition) is 3. The highest BCUT2D eigenvalue weighted by Crippen LogP contribution is 2.31. The van der Waals surface area contributed by atoms with Gasteiger partial charge in [0.2, 0.25) is 0 Å². The summed E-state index contributed by atoms with van der Waals surface area (Å²) in [7, 11) is 0. The molecule has 5 nitrogen and oxygen atoms in total. The molecule has 0 atom stereocenters. The van der Waals surface area contributed by atoms with Gasteiger partial charge in [0.1, 0.15) is 11.3 Å².